The van der Waals surface area contributed by atoms with Gasteiger partial charge in [-0.25, -0.2) is 4.39 Å². The lowest BCUT2D eigenvalue weighted by atomic mass is 9.77. The highest BCUT2D eigenvalue weighted by atomic mass is 35.5. The predicted octanol–water partition coefficient (Wildman–Crippen LogP) is 4.68. The largest absolute Gasteiger partial charge is 0.314 e. The molecule has 0 bridgehead atoms. The third-order valence-electron chi connectivity index (χ3n) is 3.46. The van der Waals surface area contributed by atoms with Gasteiger partial charge in [0.05, 0.1) is 5.02 Å². The van der Waals surface area contributed by atoms with Crippen LogP contribution in [0.4, 0.5) is 4.39 Å². The Morgan fingerprint density at radius 3 is 2.37 bits per heavy atom. The molecule has 0 aliphatic rings. The lowest BCUT2D eigenvalue weighted by Crippen LogP contribution is -2.36. The Morgan fingerprint density at radius 1 is 1.26 bits per heavy atom. The molecule has 1 nitrogen and oxygen atoms in total. The van der Waals surface area contributed by atoms with E-state index in [1.54, 1.807) is 6.07 Å². The van der Waals surface area contributed by atoms with Crippen molar-refractivity contribution < 1.29 is 4.39 Å². The number of benzene rings is 1. The second-order valence-electron chi connectivity index (χ2n) is 6.58. The quantitative estimate of drug-likeness (QED) is 0.828. The minimum Gasteiger partial charge on any atom is -0.314 e. The zero-order valence-corrected chi connectivity index (χ0v) is 13.3. The molecule has 108 valence electrons. The number of rotatable bonds is 5. The molecule has 0 amide bonds. The average molecular weight is 286 g/mol. The van der Waals surface area contributed by atoms with Gasteiger partial charge < -0.3 is 5.32 Å². The molecule has 0 aliphatic carbocycles. The Balaban J connectivity index is 2.79. The van der Waals surface area contributed by atoms with E-state index >= 15 is 0 Å². The summed E-state index contributed by atoms with van der Waals surface area (Å²) in [7, 11) is 0. The summed E-state index contributed by atoms with van der Waals surface area (Å²) in [5, 5.41) is 3.70. The minimum absolute atomic E-state index is 0.197. The van der Waals surface area contributed by atoms with Crippen molar-refractivity contribution in [3.63, 3.8) is 0 Å². The molecule has 1 aromatic carbocycles. The van der Waals surface area contributed by atoms with Crippen LogP contribution in [0.2, 0.25) is 5.02 Å². The average Bonchev–Trinajstić information content (AvgIpc) is 2.27. The monoisotopic (exact) mass is 285 g/mol. The predicted molar refractivity (Wildman–Crippen MR) is 81.2 cm³/mol. The molecule has 0 saturated carbocycles. The lowest BCUT2D eigenvalue weighted by molar-refractivity contribution is 0.226. The van der Waals surface area contributed by atoms with Gasteiger partial charge in [-0.2, -0.15) is 0 Å². The molecular weight excluding hydrogens is 261 g/mol. The van der Waals surface area contributed by atoms with Crippen molar-refractivity contribution in [2.24, 2.45) is 11.3 Å². The molecule has 0 saturated heterocycles. The lowest BCUT2D eigenvalue weighted by Gasteiger charge is -2.32. The van der Waals surface area contributed by atoms with Gasteiger partial charge in [-0.15, -0.1) is 0 Å². The van der Waals surface area contributed by atoms with E-state index in [-0.39, 0.29) is 16.3 Å². The molecule has 1 unspecified atom stereocenters. The van der Waals surface area contributed by atoms with Gasteiger partial charge in [-0.3, -0.25) is 0 Å². The fourth-order valence-electron chi connectivity index (χ4n) is 2.01. The highest BCUT2D eigenvalue weighted by molar-refractivity contribution is 6.30. The van der Waals surface area contributed by atoms with Crippen LogP contribution in [-0.4, -0.2) is 12.6 Å². The second kappa shape index (κ2) is 6.71. The van der Waals surface area contributed by atoms with Crippen LogP contribution in [0, 0.1) is 17.2 Å². The molecule has 0 aliphatic heterocycles. The molecule has 1 rings (SSSR count). The standard InChI is InChI=1S/C16H25ClFN/c1-11(2)19-10-13(16(3,4)5)8-12-6-7-15(18)14(17)9-12/h6-7,9,11,13,19H,8,10H2,1-5H3. The van der Waals surface area contributed by atoms with E-state index in [2.05, 4.69) is 39.9 Å². The van der Waals surface area contributed by atoms with Crippen LogP contribution in [0.25, 0.3) is 0 Å². The van der Waals surface area contributed by atoms with Crippen LogP contribution >= 0.6 is 11.6 Å². The third-order valence-corrected chi connectivity index (χ3v) is 3.75. The van der Waals surface area contributed by atoms with Crippen molar-refractivity contribution in [3.8, 4) is 0 Å². The van der Waals surface area contributed by atoms with Gasteiger partial charge in [-0.1, -0.05) is 52.3 Å². The third kappa shape index (κ3) is 5.50. The first-order valence-corrected chi connectivity index (χ1v) is 7.25. The van der Waals surface area contributed by atoms with Crippen molar-refractivity contribution in [2.45, 2.75) is 47.1 Å². The molecule has 0 fully saturated rings. The van der Waals surface area contributed by atoms with Crippen molar-refractivity contribution >= 4 is 11.6 Å². The van der Waals surface area contributed by atoms with Gasteiger partial charge in [0.2, 0.25) is 0 Å². The SMILES string of the molecule is CC(C)NCC(Cc1ccc(F)c(Cl)c1)C(C)(C)C. The molecular formula is C16H25ClFN. The van der Waals surface area contributed by atoms with Gasteiger partial charge >= 0.3 is 0 Å². The van der Waals surface area contributed by atoms with Crippen LogP contribution in [-0.2, 0) is 6.42 Å². The Morgan fingerprint density at radius 2 is 1.89 bits per heavy atom. The molecule has 0 radical (unpaired) electrons. The van der Waals surface area contributed by atoms with Gasteiger partial charge in [-0.05, 0) is 42.0 Å². The summed E-state index contributed by atoms with van der Waals surface area (Å²) in [6, 6.07) is 5.50. The highest BCUT2D eigenvalue weighted by Crippen LogP contribution is 2.29. The van der Waals surface area contributed by atoms with Crippen LogP contribution in [0.1, 0.15) is 40.2 Å². The first-order valence-electron chi connectivity index (χ1n) is 6.87. The van der Waals surface area contributed by atoms with E-state index in [1.807, 2.05) is 6.07 Å². The van der Waals surface area contributed by atoms with Gasteiger partial charge in [0, 0.05) is 6.04 Å². The van der Waals surface area contributed by atoms with Crippen LogP contribution in [0.15, 0.2) is 18.2 Å². The number of nitrogens with one attached hydrogen (secondary N) is 1. The maximum absolute atomic E-state index is 13.2. The molecule has 3 heteroatoms. The first-order chi connectivity index (χ1) is 8.70. The Hall–Kier alpha value is -0.600. The summed E-state index contributed by atoms with van der Waals surface area (Å²) in [5.41, 5.74) is 1.29. The van der Waals surface area contributed by atoms with Gasteiger partial charge in [0.15, 0.2) is 0 Å². The molecule has 1 atom stereocenters. The number of hydrogen-bond acceptors (Lipinski definition) is 1. The summed E-state index contributed by atoms with van der Waals surface area (Å²) in [5.74, 6) is 0.134. The summed E-state index contributed by atoms with van der Waals surface area (Å²) in [4.78, 5) is 0. The summed E-state index contributed by atoms with van der Waals surface area (Å²) >= 11 is 5.85. The van der Waals surface area contributed by atoms with E-state index < -0.39 is 0 Å². The van der Waals surface area contributed by atoms with Gasteiger partial charge in [0.25, 0.3) is 0 Å². The number of hydrogen-bond donors (Lipinski definition) is 1. The maximum Gasteiger partial charge on any atom is 0.141 e. The minimum atomic E-state index is -0.349. The van der Waals surface area contributed by atoms with E-state index in [0.29, 0.717) is 12.0 Å². The normalized spacial score (nSPS) is 13.9. The van der Waals surface area contributed by atoms with Gasteiger partial charge in [0.1, 0.15) is 5.82 Å². The fourth-order valence-corrected chi connectivity index (χ4v) is 2.22. The van der Waals surface area contributed by atoms with Crippen molar-refractivity contribution in [1.29, 1.82) is 0 Å². The van der Waals surface area contributed by atoms with Crippen LogP contribution in [0.5, 0.6) is 0 Å². The van der Waals surface area contributed by atoms with E-state index in [4.69, 9.17) is 11.6 Å². The summed E-state index contributed by atoms with van der Waals surface area (Å²) in [6.07, 6.45) is 0.906. The Bertz CT molecular complexity index is 410. The fraction of sp³-hybridized carbons (Fsp3) is 0.625. The van der Waals surface area contributed by atoms with E-state index in [0.717, 1.165) is 18.5 Å². The molecule has 19 heavy (non-hydrogen) atoms. The smallest absolute Gasteiger partial charge is 0.141 e. The van der Waals surface area contributed by atoms with Crippen molar-refractivity contribution in [3.05, 3.63) is 34.6 Å². The molecule has 0 aromatic heterocycles. The Kier molecular flexibility index (Phi) is 5.82. The number of halogens is 2. The first kappa shape index (κ1) is 16.5. The highest BCUT2D eigenvalue weighted by Gasteiger charge is 2.25. The molecule has 1 N–H and O–H groups in total. The van der Waals surface area contributed by atoms with E-state index in [1.165, 1.54) is 6.07 Å². The maximum atomic E-state index is 13.2. The molecule has 0 heterocycles. The van der Waals surface area contributed by atoms with Crippen LogP contribution < -0.4 is 5.32 Å². The molecule has 0 spiro atoms. The molecule has 1 aromatic rings. The van der Waals surface area contributed by atoms with E-state index in [9.17, 15) is 4.39 Å². The zero-order chi connectivity index (χ0) is 14.6. The van der Waals surface area contributed by atoms with Crippen LogP contribution in [0.3, 0.4) is 0 Å². The van der Waals surface area contributed by atoms with Crippen molar-refractivity contribution in [2.75, 3.05) is 6.54 Å². The topological polar surface area (TPSA) is 12.0 Å². The second-order valence-corrected chi connectivity index (χ2v) is 6.99. The summed E-state index contributed by atoms with van der Waals surface area (Å²) in [6.45, 7) is 12.0. The Labute approximate surface area is 121 Å². The summed E-state index contributed by atoms with van der Waals surface area (Å²) < 4.78 is 13.2. The zero-order valence-electron chi connectivity index (χ0n) is 12.6. The van der Waals surface area contributed by atoms with Crippen molar-refractivity contribution in [1.82, 2.24) is 5.32 Å².